The quantitative estimate of drug-likeness (QED) is 0.929. The van der Waals surface area contributed by atoms with Crippen molar-refractivity contribution in [2.75, 3.05) is 6.61 Å². The highest BCUT2D eigenvalue weighted by Gasteiger charge is 2.44. The number of morpholine rings is 1. The number of nitrogens with zero attached hydrogens (tertiary/aromatic N) is 1. The van der Waals surface area contributed by atoms with Gasteiger partial charge in [0.15, 0.2) is 6.10 Å². The largest absolute Gasteiger partial charge is 0.479 e. The Bertz CT molecular complexity index is 578. The van der Waals surface area contributed by atoms with Crippen molar-refractivity contribution in [3.63, 3.8) is 0 Å². The van der Waals surface area contributed by atoms with E-state index in [1.165, 1.54) is 17.0 Å². The molecule has 5 nitrogen and oxygen atoms in total. The van der Waals surface area contributed by atoms with Crippen molar-refractivity contribution in [2.24, 2.45) is 0 Å². The summed E-state index contributed by atoms with van der Waals surface area (Å²) in [6, 6.07) is 2.61. The van der Waals surface area contributed by atoms with E-state index in [-0.39, 0.29) is 29.1 Å². The van der Waals surface area contributed by atoms with Gasteiger partial charge in [-0.1, -0.05) is 17.7 Å². The Labute approximate surface area is 126 Å². The predicted molar refractivity (Wildman–Crippen MR) is 73.5 cm³/mol. The summed E-state index contributed by atoms with van der Waals surface area (Å²) in [4.78, 5) is 24.7. The summed E-state index contributed by atoms with van der Waals surface area (Å²) < 4.78 is 19.3. The lowest BCUT2D eigenvalue weighted by molar-refractivity contribution is -0.175. The van der Waals surface area contributed by atoms with Crippen LogP contribution in [0.2, 0.25) is 5.02 Å². The van der Waals surface area contributed by atoms with Crippen LogP contribution in [0.4, 0.5) is 4.39 Å². The summed E-state index contributed by atoms with van der Waals surface area (Å²) in [7, 11) is 0. The Balaban J connectivity index is 2.54. The van der Waals surface area contributed by atoms with E-state index in [4.69, 9.17) is 16.3 Å². The molecule has 2 unspecified atom stereocenters. The van der Waals surface area contributed by atoms with Gasteiger partial charge in [-0.2, -0.15) is 0 Å². The van der Waals surface area contributed by atoms with Crippen LogP contribution in [0, 0.1) is 5.82 Å². The molecule has 1 aliphatic rings. The molecule has 0 spiro atoms. The predicted octanol–water partition coefficient (Wildman–Crippen LogP) is 2.24. The highest BCUT2D eigenvalue weighted by molar-refractivity contribution is 6.30. The van der Waals surface area contributed by atoms with E-state index in [0.717, 1.165) is 6.07 Å². The van der Waals surface area contributed by atoms with Crippen LogP contribution in [0.15, 0.2) is 18.2 Å². The number of amides is 1. The number of aliphatic carboxylic acids is 1. The van der Waals surface area contributed by atoms with Crippen molar-refractivity contribution in [2.45, 2.75) is 32.0 Å². The third-order valence-corrected chi connectivity index (χ3v) is 3.58. The molecule has 1 amide bonds. The van der Waals surface area contributed by atoms with Crippen LogP contribution in [0.25, 0.3) is 0 Å². The van der Waals surface area contributed by atoms with Gasteiger partial charge >= 0.3 is 5.97 Å². The van der Waals surface area contributed by atoms with Gasteiger partial charge in [-0.15, -0.1) is 0 Å². The summed E-state index contributed by atoms with van der Waals surface area (Å²) in [5.74, 6) is -2.28. The van der Waals surface area contributed by atoms with E-state index in [2.05, 4.69) is 0 Å². The second-order valence-electron chi connectivity index (χ2n) is 5.08. The maximum absolute atomic E-state index is 14.2. The first-order valence-electron chi connectivity index (χ1n) is 6.43. The molecule has 1 aromatic rings. The number of halogens is 2. The zero-order valence-corrected chi connectivity index (χ0v) is 12.3. The summed E-state index contributed by atoms with van der Waals surface area (Å²) in [6.45, 7) is 3.15. The first-order valence-corrected chi connectivity index (χ1v) is 6.81. The normalized spacial score (nSPS) is 22.7. The number of benzene rings is 1. The highest BCUT2D eigenvalue weighted by Crippen LogP contribution is 2.34. The number of hydrogen-bond acceptors (Lipinski definition) is 3. The van der Waals surface area contributed by atoms with Crippen LogP contribution in [0.1, 0.15) is 25.5 Å². The van der Waals surface area contributed by atoms with Crippen LogP contribution in [0.5, 0.6) is 0 Å². The van der Waals surface area contributed by atoms with Crippen LogP contribution >= 0.6 is 11.6 Å². The first kappa shape index (κ1) is 15.7. The van der Waals surface area contributed by atoms with Crippen LogP contribution in [-0.2, 0) is 14.3 Å². The van der Waals surface area contributed by atoms with E-state index in [1.54, 1.807) is 13.8 Å². The number of carboxylic acids is 1. The number of carbonyl (C=O) groups is 2. The van der Waals surface area contributed by atoms with Gasteiger partial charge < -0.3 is 14.7 Å². The van der Waals surface area contributed by atoms with Crippen molar-refractivity contribution in [1.29, 1.82) is 0 Å². The SMILES string of the molecule is CC(C)N1C(=O)COC(C(=O)O)C1c1ccc(Cl)cc1F. The van der Waals surface area contributed by atoms with Crippen molar-refractivity contribution >= 4 is 23.5 Å². The molecule has 7 heteroatoms. The molecule has 1 N–H and O–H groups in total. The molecule has 2 rings (SSSR count). The molecule has 0 saturated carbocycles. The third-order valence-electron chi connectivity index (χ3n) is 3.34. The van der Waals surface area contributed by atoms with Gasteiger partial charge in [-0.25, -0.2) is 9.18 Å². The minimum Gasteiger partial charge on any atom is -0.479 e. The van der Waals surface area contributed by atoms with Crippen LogP contribution in [-0.4, -0.2) is 40.6 Å². The average molecular weight is 316 g/mol. The molecule has 0 aromatic heterocycles. The van der Waals surface area contributed by atoms with E-state index in [0.29, 0.717) is 0 Å². The fraction of sp³-hybridized carbons (Fsp3) is 0.429. The van der Waals surface area contributed by atoms with Crippen molar-refractivity contribution < 1.29 is 23.8 Å². The second kappa shape index (κ2) is 5.99. The van der Waals surface area contributed by atoms with E-state index in [1.807, 2.05) is 0 Å². The summed E-state index contributed by atoms with van der Waals surface area (Å²) in [5.41, 5.74) is 0.0774. The Morgan fingerprint density at radius 3 is 2.71 bits per heavy atom. The Morgan fingerprint density at radius 2 is 2.19 bits per heavy atom. The Kier molecular flexibility index (Phi) is 4.49. The smallest absolute Gasteiger partial charge is 0.335 e. The van der Waals surface area contributed by atoms with Gasteiger partial charge in [0.1, 0.15) is 12.4 Å². The molecule has 2 atom stereocenters. The first-order chi connectivity index (χ1) is 9.82. The zero-order chi connectivity index (χ0) is 15.7. The molecule has 1 saturated heterocycles. The summed E-state index contributed by atoms with van der Waals surface area (Å²) in [5, 5.41) is 9.49. The molecule has 21 heavy (non-hydrogen) atoms. The third kappa shape index (κ3) is 3.01. The molecule has 1 heterocycles. The standard InChI is InChI=1S/C14H15ClFNO4/c1-7(2)17-11(18)6-21-13(14(19)20)12(17)9-4-3-8(15)5-10(9)16/h3-5,7,12-13H,6H2,1-2H3,(H,19,20). The Morgan fingerprint density at radius 1 is 1.52 bits per heavy atom. The fourth-order valence-corrected chi connectivity index (χ4v) is 2.66. The number of rotatable bonds is 3. The molecular weight excluding hydrogens is 301 g/mol. The maximum atomic E-state index is 14.2. The molecule has 0 aliphatic carbocycles. The van der Waals surface area contributed by atoms with E-state index >= 15 is 0 Å². The average Bonchev–Trinajstić information content (AvgIpc) is 2.37. The molecule has 0 radical (unpaired) electrons. The number of ether oxygens (including phenoxy) is 1. The number of hydrogen-bond donors (Lipinski definition) is 1. The highest BCUT2D eigenvalue weighted by atomic mass is 35.5. The molecule has 114 valence electrons. The minimum atomic E-state index is -1.32. The summed E-state index contributed by atoms with van der Waals surface area (Å²) >= 11 is 5.71. The minimum absolute atomic E-state index is 0.0774. The fourth-order valence-electron chi connectivity index (χ4n) is 2.50. The van der Waals surface area contributed by atoms with Crippen molar-refractivity contribution in [1.82, 2.24) is 4.90 Å². The van der Waals surface area contributed by atoms with Crippen molar-refractivity contribution in [3.05, 3.63) is 34.6 Å². The molecular formula is C14H15ClFNO4. The van der Waals surface area contributed by atoms with Gasteiger partial charge in [0.25, 0.3) is 0 Å². The molecule has 1 fully saturated rings. The lowest BCUT2D eigenvalue weighted by Crippen LogP contribution is -2.54. The monoisotopic (exact) mass is 315 g/mol. The molecule has 1 aliphatic heterocycles. The van der Waals surface area contributed by atoms with Crippen LogP contribution in [0.3, 0.4) is 0 Å². The lowest BCUT2D eigenvalue weighted by Gasteiger charge is -2.42. The zero-order valence-electron chi connectivity index (χ0n) is 11.5. The van der Waals surface area contributed by atoms with E-state index in [9.17, 15) is 19.1 Å². The lowest BCUT2D eigenvalue weighted by atomic mass is 9.96. The van der Waals surface area contributed by atoms with Crippen LogP contribution < -0.4 is 0 Å². The van der Waals surface area contributed by atoms with Gasteiger partial charge in [-0.3, -0.25) is 4.79 Å². The van der Waals surface area contributed by atoms with Gasteiger partial charge in [0, 0.05) is 16.6 Å². The molecule has 0 bridgehead atoms. The molecule has 1 aromatic carbocycles. The summed E-state index contributed by atoms with van der Waals surface area (Å²) in [6.07, 6.45) is -1.32. The van der Waals surface area contributed by atoms with Gasteiger partial charge in [0.05, 0.1) is 6.04 Å². The van der Waals surface area contributed by atoms with Crippen molar-refractivity contribution in [3.8, 4) is 0 Å². The van der Waals surface area contributed by atoms with Gasteiger partial charge in [0.2, 0.25) is 5.91 Å². The Hall–Kier alpha value is -1.66. The van der Waals surface area contributed by atoms with E-state index < -0.39 is 23.9 Å². The number of carbonyl (C=O) groups excluding carboxylic acids is 1. The second-order valence-corrected chi connectivity index (χ2v) is 5.51. The maximum Gasteiger partial charge on any atom is 0.335 e. The van der Waals surface area contributed by atoms with Gasteiger partial charge in [-0.05, 0) is 26.0 Å². The topological polar surface area (TPSA) is 66.8 Å². The number of carboxylic acid groups (broad SMARTS) is 1.